The normalized spacial score (nSPS) is 10.4. The van der Waals surface area contributed by atoms with E-state index in [9.17, 15) is 9.59 Å². The number of anilines is 1. The summed E-state index contributed by atoms with van der Waals surface area (Å²) in [5.74, 6) is -0.828. The van der Waals surface area contributed by atoms with Crippen molar-refractivity contribution >= 4 is 23.1 Å². The lowest BCUT2D eigenvalue weighted by atomic mass is 10.1. The van der Waals surface area contributed by atoms with Crippen LogP contribution in [0.3, 0.4) is 0 Å². The zero-order valence-corrected chi connectivity index (χ0v) is 20.7. The zero-order valence-electron chi connectivity index (χ0n) is 20.7. The molecule has 0 aliphatic heterocycles. The first-order valence-corrected chi connectivity index (χ1v) is 11.4. The van der Waals surface area contributed by atoms with Gasteiger partial charge in [-0.3, -0.25) is 19.2 Å². The van der Waals surface area contributed by atoms with Crippen LogP contribution >= 0.6 is 0 Å². The number of nitrogens with zero attached hydrogens (tertiary/aromatic N) is 5. The number of carboxylic acid groups (broad SMARTS) is 1. The number of aromatic carboxylic acids is 1. The predicted molar refractivity (Wildman–Crippen MR) is 134 cm³/mol. The van der Waals surface area contributed by atoms with Gasteiger partial charge in [0, 0.05) is 6.54 Å². The van der Waals surface area contributed by atoms with Crippen LogP contribution in [0.15, 0.2) is 35.4 Å². The van der Waals surface area contributed by atoms with Crippen LogP contribution < -0.4 is 11.3 Å². The molecule has 1 aromatic carbocycles. The first-order chi connectivity index (χ1) is 17.6. The number of H-pyrrole nitrogens is 1. The molecule has 0 amide bonds. The number of nitrogens with two attached hydrogens (primary N) is 1. The van der Waals surface area contributed by atoms with Crippen LogP contribution in [0.1, 0.15) is 42.6 Å². The van der Waals surface area contributed by atoms with Crippen LogP contribution in [0, 0.1) is 10.1 Å². The van der Waals surface area contributed by atoms with E-state index in [0.717, 1.165) is 38.0 Å². The highest BCUT2D eigenvalue weighted by Gasteiger charge is 2.09. The van der Waals surface area contributed by atoms with Crippen molar-refractivity contribution in [1.82, 2.24) is 24.4 Å². The van der Waals surface area contributed by atoms with E-state index in [1.807, 2.05) is 12.1 Å². The van der Waals surface area contributed by atoms with Crippen molar-refractivity contribution < 1.29 is 30.0 Å². The molecule has 0 aliphatic rings. The highest BCUT2D eigenvalue weighted by atomic mass is 16.9. The van der Waals surface area contributed by atoms with Crippen molar-refractivity contribution in [2.45, 2.75) is 40.0 Å². The largest absolute Gasteiger partial charge is 0.478 e. The lowest BCUT2D eigenvalue weighted by Gasteiger charge is -2.21. The van der Waals surface area contributed by atoms with Crippen LogP contribution in [-0.4, -0.2) is 77.2 Å². The molecular weight excluding hydrogens is 490 g/mol. The average Bonchev–Trinajstić information content (AvgIpc) is 3.23. The van der Waals surface area contributed by atoms with Crippen molar-refractivity contribution in [3.8, 4) is 0 Å². The van der Waals surface area contributed by atoms with E-state index in [1.54, 1.807) is 12.1 Å². The summed E-state index contributed by atoms with van der Waals surface area (Å²) in [6.07, 6.45) is 3.68. The second-order valence-electron chi connectivity index (χ2n) is 7.62. The third kappa shape index (κ3) is 11.5. The summed E-state index contributed by atoms with van der Waals surface area (Å²) in [5, 5.41) is 31.1. The number of nitrogens with one attached hydrogen (secondary N) is 1. The quantitative estimate of drug-likeness (QED) is 0.136. The monoisotopic (exact) mass is 523 g/mol. The molecule has 2 aromatic heterocycles. The number of carboxylic acids is 1. The van der Waals surface area contributed by atoms with E-state index < -0.39 is 11.1 Å². The minimum atomic E-state index is -1.50. The fourth-order valence-electron chi connectivity index (χ4n) is 3.26. The van der Waals surface area contributed by atoms with Gasteiger partial charge in [0.15, 0.2) is 11.2 Å². The smallest absolute Gasteiger partial charge is 0.335 e. The molecule has 2 heterocycles. The highest BCUT2D eigenvalue weighted by molar-refractivity contribution is 5.87. The summed E-state index contributed by atoms with van der Waals surface area (Å²) in [6, 6.07) is 7.20. The number of benzene rings is 1. The summed E-state index contributed by atoms with van der Waals surface area (Å²) >= 11 is 0. The average molecular weight is 524 g/mol. The van der Waals surface area contributed by atoms with Gasteiger partial charge in [0.2, 0.25) is 5.95 Å². The molecule has 15 heteroatoms. The number of rotatable bonds is 11. The van der Waals surface area contributed by atoms with E-state index in [2.05, 4.69) is 33.7 Å². The van der Waals surface area contributed by atoms with Gasteiger partial charge in [0.1, 0.15) is 6.73 Å². The molecule has 0 saturated carbocycles. The van der Waals surface area contributed by atoms with Gasteiger partial charge < -0.3 is 25.9 Å². The predicted octanol–water partition coefficient (Wildman–Crippen LogP) is 1.33. The number of ether oxygens (including phenoxy) is 1. The highest BCUT2D eigenvalue weighted by Crippen LogP contribution is 2.10. The molecule has 0 atom stereocenters. The summed E-state index contributed by atoms with van der Waals surface area (Å²) in [4.78, 5) is 43.2. The number of hydrogen-bond acceptors (Lipinski definition) is 10. The SMILES string of the molecule is CCCN(CCC)Cc1cccc(C(=O)O)c1.Nc1nc2c(ncn2COCCO)c(=O)[nH]1.O=[N+]([O-])O. The van der Waals surface area contributed by atoms with Gasteiger partial charge in [-0.15, -0.1) is 10.1 Å². The van der Waals surface area contributed by atoms with Crippen molar-refractivity contribution in [1.29, 1.82) is 0 Å². The Morgan fingerprint density at radius 2 is 1.95 bits per heavy atom. The van der Waals surface area contributed by atoms with Crippen molar-refractivity contribution in [3.05, 3.63) is 62.2 Å². The molecule has 0 spiro atoms. The molecular formula is C22H33N7O8. The Balaban J connectivity index is 0.000000324. The Morgan fingerprint density at radius 1 is 1.30 bits per heavy atom. The van der Waals surface area contributed by atoms with Gasteiger partial charge in [-0.25, -0.2) is 9.78 Å². The molecule has 37 heavy (non-hydrogen) atoms. The summed E-state index contributed by atoms with van der Waals surface area (Å²) in [6.45, 7) is 7.58. The van der Waals surface area contributed by atoms with E-state index in [0.29, 0.717) is 11.2 Å². The minimum Gasteiger partial charge on any atom is -0.478 e. The van der Waals surface area contributed by atoms with E-state index >= 15 is 0 Å². The molecule has 0 aliphatic carbocycles. The fourth-order valence-corrected chi connectivity index (χ4v) is 3.26. The van der Waals surface area contributed by atoms with Crippen LogP contribution in [0.5, 0.6) is 0 Å². The van der Waals surface area contributed by atoms with Crippen LogP contribution in [0.4, 0.5) is 5.95 Å². The third-order valence-corrected chi connectivity index (χ3v) is 4.62. The van der Waals surface area contributed by atoms with Gasteiger partial charge in [-0.05, 0) is 43.6 Å². The standard InChI is InChI=1S/C14H21NO2.C8H11N5O3.HNO3/c1-3-8-15(9-4-2)11-12-6-5-7-13(10-12)14(16)17;9-8-11-6-5(7(15)12-8)10-3-13(6)4-16-2-1-14;2-1(3)4/h5-7,10H,3-4,8-9,11H2,1-2H3,(H,16,17);3,14H,1-2,4H2,(H3,9,11,12,15);(H,2,3,4). The number of aromatic nitrogens is 4. The Morgan fingerprint density at radius 3 is 2.51 bits per heavy atom. The lowest BCUT2D eigenvalue weighted by Crippen LogP contribution is -2.24. The number of nitrogen functional groups attached to an aromatic ring is 1. The number of imidazole rings is 1. The second-order valence-corrected chi connectivity index (χ2v) is 7.62. The molecule has 15 nitrogen and oxygen atoms in total. The Hall–Kier alpha value is -4.08. The number of fused-ring (bicyclic) bond motifs is 1. The minimum absolute atomic E-state index is 0.0291. The molecule has 0 saturated heterocycles. The maximum Gasteiger partial charge on any atom is 0.335 e. The topological polar surface area (TPSA) is 223 Å². The summed E-state index contributed by atoms with van der Waals surface area (Å²) < 4.78 is 6.63. The van der Waals surface area contributed by atoms with Gasteiger partial charge in [0.05, 0.1) is 25.1 Å². The van der Waals surface area contributed by atoms with Gasteiger partial charge >= 0.3 is 5.97 Å². The van der Waals surface area contributed by atoms with E-state index in [-0.39, 0.29) is 37.0 Å². The lowest BCUT2D eigenvalue weighted by molar-refractivity contribution is -0.742. The molecule has 0 fully saturated rings. The van der Waals surface area contributed by atoms with Gasteiger partial charge in [-0.2, -0.15) is 4.98 Å². The molecule has 0 unspecified atom stereocenters. The first-order valence-electron chi connectivity index (χ1n) is 11.4. The van der Waals surface area contributed by atoms with Crippen molar-refractivity contribution in [3.63, 3.8) is 0 Å². The van der Waals surface area contributed by atoms with Crippen molar-refractivity contribution in [2.24, 2.45) is 0 Å². The summed E-state index contributed by atoms with van der Waals surface area (Å²) in [7, 11) is 0. The summed E-state index contributed by atoms with van der Waals surface area (Å²) in [5.41, 5.74) is 7.05. The number of aliphatic hydroxyl groups excluding tert-OH is 1. The van der Waals surface area contributed by atoms with Crippen molar-refractivity contribution in [2.75, 3.05) is 32.0 Å². The first kappa shape index (κ1) is 31.0. The Bertz CT molecular complexity index is 1170. The zero-order chi connectivity index (χ0) is 27.8. The van der Waals surface area contributed by atoms with Gasteiger partial charge in [0.25, 0.3) is 10.6 Å². The maximum atomic E-state index is 11.4. The molecule has 0 bridgehead atoms. The van der Waals surface area contributed by atoms with Crippen LogP contribution in [0.2, 0.25) is 0 Å². The van der Waals surface area contributed by atoms with Crippen LogP contribution in [-0.2, 0) is 18.0 Å². The number of carbonyl (C=O) groups is 1. The molecule has 6 N–H and O–H groups in total. The molecule has 204 valence electrons. The molecule has 0 radical (unpaired) electrons. The maximum absolute atomic E-state index is 11.4. The Kier molecular flexibility index (Phi) is 13.9. The Labute approximate surface area is 212 Å². The van der Waals surface area contributed by atoms with Gasteiger partial charge in [-0.1, -0.05) is 26.0 Å². The molecule has 3 aromatic rings. The fraction of sp³-hybridized carbons (Fsp3) is 0.455. The number of aromatic amines is 1. The third-order valence-electron chi connectivity index (χ3n) is 4.62. The molecule has 3 rings (SSSR count). The van der Waals surface area contributed by atoms with E-state index in [1.165, 1.54) is 10.9 Å². The number of hydrogen-bond donors (Lipinski definition) is 5. The number of aliphatic hydroxyl groups is 1. The second kappa shape index (κ2) is 16.6. The van der Waals surface area contributed by atoms with E-state index in [4.69, 9.17) is 36.0 Å². The van der Waals surface area contributed by atoms with Crippen LogP contribution in [0.25, 0.3) is 11.2 Å².